The molecule has 35 heavy (non-hydrogen) atoms. The number of hydrogen-bond donors (Lipinski definition) is 2. The lowest BCUT2D eigenvalue weighted by molar-refractivity contribution is 0.0420. The number of amides is 2. The number of aryl methyl sites for hydroxylation is 1. The van der Waals surface area contributed by atoms with E-state index in [0.717, 1.165) is 48.4 Å². The molecule has 2 aromatic heterocycles. The number of nitrogens with one attached hydrogen (secondary N) is 2. The molecule has 0 spiro atoms. The number of aromatic amines is 1. The van der Waals surface area contributed by atoms with Gasteiger partial charge >= 0.3 is 6.03 Å². The van der Waals surface area contributed by atoms with Crippen LogP contribution in [0.5, 0.6) is 0 Å². The maximum absolute atomic E-state index is 13.2. The number of urea groups is 1. The summed E-state index contributed by atoms with van der Waals surface area (Å²) in [6.45, 7) is 8.15. The number of morpholine rings is 2. The predicted octanol–water partition coefficient (Wildman–Crippen LogP) is 2.66. The van der Waals surface area contributed by atoms with Gasteiger partial charge in [-0.25, -0.2) is 14.8 Å². The minimum atomic E-state index is 0.0889. The van der Waals surface area contributed by atoms with Gasteiger partial charge in [-0.1, -0.05) is 6.92 Å². The van der Waals surface area contributed by atoms with E-state index in [4.69, 9.17) is 14.5 Å². The largest absolute Gasteiger partial charge is 0.378 e. The highest BCUT2D eigenvalue weighted by atomic mass is 16.5. The van der Waals surface area contributed by atoms with Gasteiger partial charge in [0.25, 0.3) is 0 Å². The van der Waals surface area contributed by atoms with Gasteiger partial charge in [-0.05, 0) is 47.2 Å². The smallest absolute Gasteiger partial charge is 0.320 e. The summed E-state index contributed by atoms with van der Waals surface area (Å²) in [5.41, 5.74) is 8.58. The number of hydrogen-bond acceptors (Lipinski definition) is 6. The van der Waals surface area contributed by atoms with Crippen molar-refractivity contribution < 1.29 is 14.3 Å². The van der Waals surface area contributed by atoms with Crippen LogP contribution in [0.2, 0.25) is 0 Å². The highest BCUT2D eigenvalue weighted by Gasteiger charge is 2.30. The fourth-order valence-corrected chi connectivity index (χ4v) is 5.39. The van der Waals surface area contributed by atoms with E-state index in [1.54, 1.807) is 0 Å². The molecule has 0 bridgehead atoms. The SMILES string of the molecule is CCc1c[nH]c2ncc(-c3cc4c(c([C@@H]5COCCN5)c3)CN(C(=O)N3CCOCC3)CC4)nc12. The lowest BCUT2D eigenvalue weighted by atomic mass is 9.88. The Morgan fingerprint density at radius 1 is 1.14 bits per heavy atom. The van der Waals surface area contributed by atoms with Crippen LogP contribution >= 0.6 is 0 Å². The van der Waals surface area contributed by atoms with Crippen LogP contribution in [0.25, 0.3) is 22.4 Å². The number of carbonyl (C=O) groups is 1. The first-order chi connectivity index (χ1) is 17.2. The van der Waals surface area contributed by atoms with Gasteiger partial charge in [-0.15, -0.1) is 0 Å². The fraction of sp³-hybridized carbons (Fsp3) is 0.500. The monoisotopic (exact) mass is 476 g/mol. The molecule has 2 N–H and O–H groups in total. The Morgan fingerprint density at radius 3 is 2.83 bits per heavy atom. The fourth-order valence-electron chi connectivity index (χ4n) is 5.39. The minimum Gasteiger partial charge on any atom is -0.378 e. The summed E-state index contributed by atoms with van der Waals surface area (Å²) < 4.78 is 11.3. The van der Waals surface area contributed by atoms with E-state index in [0.29, 0.717) is 46.0 Å². The minimum absolute atomic E-state index is 0.0889. The zero-order valence-corrected chi connectivity index (χ0v) is 20.2. The van der Waals surface area contributed by atoms with E-state index >= 15 is 0 Å². The van der Waals surface area contributed by atoms with Crippen LogP contribution in [0.15, 0.2) is 24.5 Å². The van der Waals surface area contributed by atoms with Crippen LogP contribution in [0, 0.1) is 0 Å². The van der Waals surface area contributed by atoms with Crippen LogP contribution in [-0.2, 0) is 28.9 Å². The van der Waals surface area contributed by atoms with Crippen molar-refractivity contribution in [2.24, 2.45) is 0 Å². The first-order valence-electron chi connectivity index (χ1n) is 12.6. The molecule has 1 atom stereocenters. The zero-order valence-electron chi connectivity index (χ0n) is 20.2. The van der Waals surface area contributed by atoms with Gasteiger partial charge < -0.3 is 29.6 Å². The van der Waals surface area contributed by atoms with Gasteiger partial charge in [0.2, 0.25) is 0 Å². The van der Waals surface area contributed by atoms with E-state index in [1.165, 1.54) is 22.3 Å². The molecule has 2 amide bonds. The lowest BCUT2D eigenvalue weighted by Gasteiger charge is -2.37. The number of benzene rings is 1. The number of ether oxygens (including phenoxy) is 2. The molecule has 2 saturated heterocycles. The molecule has 9 nitrogen and oxygen atoms in total. The van der Waals surface area contributed by atoms with Crippen molar-refractivity contribution >= 4 is 17.2 Å². The Morgan fingerprint density at radius 2 is 2.03 bits per heavy atom. The van der Waals surface area contributed by atoms with Crippen LogP contribution in [0.4, 0.5) is 4.79 Å². The topological polar surface area (TPSA) is 95.6 Å². The molecule has 3 aromatic rings. The van der Waals surface area contributed by atoms with Crippen molar-refractivity contribution in [3.05, 3.63) is 46.8 Å². The van der Waals surface area contributed by atoms with Crippen molar-refractivity contribution in [2.45, 2.75) is 32.4 Å². The molecule has 6 rings (SSSR count). The Bertz CT molecular complexity index is 1230. The summed E-state index contributed by atoms with van der Waals surface area (Å²) >= 11 is 0. The summed E-state index contributed by atoms with van der Waals surface area (Å²) in [6, 6.07) is 4.67. The second kappa shape index (κ2) is 9.56. The van der Waals surface area contributed by atoms with Gasteiger partial charge in [0, 0.05) is 44.5 Å². The summed E-state index contributed by atoms with van der Waals surface area (Å²) in [7, 11) is 0. The number of carbonyl (C=O) groups excluding carboxylic acids is 1. The van der Waals surface area contributed by atoms with Gasteiger partial charge in [-0.3, -0.25) is 0 Å². The van der Waals surface area contributed by atoms with Crippen LogP contribution in [0.1, 0.15) is 35.2 Å². The van der Waals surface area contributed by atoms with Crippen LogP contribution < -0.4 is 5.32 Å². The molecule has 0 aliphatic carbocycles. The van der Waals surface area contributed by atoms with Crippen molar-refractivity contribution in [2.75, 3.05) is 52.6 Å². The zero-order chi connectivity index (χ0) is 23.8. The van der Waals surface area contributed by atoms with Crippen molar-refractivity contribution in [1.82, 2.24) is 30.1 Å². The molecule has 2 fully saturated rings. The molecular formula is C26H32N6O3. The second-order valence-corrected chi connectivity index (χ2v) is 9.46. The summed E-state index contributed by atoms with van der Waals surface area (Å²) in [5.74, 6) is 0. The Hall–Kier alpha value is -3.01. The van der Waals surface area contributed by atoms with Crippen LogP contribution in [0.3, 0.4) is 0 Å². The number of H-pyrrole nitrogens is 1. The number of nitrogens with zero attached hydrogens (tertiary/aromatic N) is 4. The first kappa shape index (κ1) is 22.5. The summed E-state index contributed by atoms with van der Waals surface area (Å²) in [4.78, 5) is 30.0. The molecular weight excluding hydrogens is 444 g/mol. The lowest BCUT2D eigenvalue weighted by Crippen LogP contribution is -2.49. The van der Waals surface area contributed by atoms with E-state index in [-0.39, 0.29) is 12.1 Å². The first-order valence-corrected chi connectivity index (χ1v) is 12.6. The number of fused-ring (bicyclic) bond motifs is 2. The van der Waals surface area contributed by atoms with Gasteiger partial charge in [-0.2, -0.15) is 0 Å². The summed E-state index contributed by atoms with van der Waals surface area (Å²) in [6.07, 6.45) is 5.57. The average Bonchev–Trinajstić information content (AvgIpc) is 3.35. The van der Waals surface area contributed by atoms with Crippen LogP contribution in [-0.4, -0.2) is 83.4 Å². The molecule has 5 heterocycles. The molecule has 184 valence electrons. The predicted molar refractivity (Wildman–Crippen MR) is 132 cm³/mol. The molecule has 3 aliphatic rings. The van der Waals surface area contributed by atoms with E-state index in [9.17, 15) is 4.79 Å². The molecule has 0 radical (unpaired) electrons. The molecule has 0 saturated carbocycles. The molecule has 1 aromatic carbocycles. The standard InChI is InChI=1S/C26H32N6O3/c1-2-17-13-28-25-24(17)30-22(14-29-25)19-11-18-3-5-32(26(33)31-6-9-34-10-7-31)15-21(18)20(12-19)23-16-35-8-4-27-23/h11-14,23,27H,2-10,15-16H2,1H3,(H,28,29)/t23-/m0/s1. The highest BCUT2D eigenvalue weighted by Crippen LogP contribution is 2.34. The average molecular weight is 477 g/mol. The Kier molecular flexibility index (Phi) is 6.13. The normalized spacial score (nSPS) is 20.8. The summed E-state index contributed by atoms with van der Waals surface area (Å²) in [5, 5.41) is 3.62. The van der Waals surface area contributed by atoms with Crippen molar-refractivity contribution in [1.29, 1.82) is 0 Å². The van der Waals surface area contributed by atoms with Crippen molar-refractivity contribution in [3.8, 4) is 11.3 Å². The van der Waals surface area contributed by atoms with Gasteiger partial charge in [0.15, 0.2) is 5.65 Å². The van der Waals surface area contributed by atoms with E-state index < -0.39 is 0 Å². The Labute approximate surface area is 204 Å². The maximum Gasteiger partial charge on any atom is 0.320 e. The maximum atomic E-state index is 13.2. The van der Waals surface area contributed by atoms with Gasteiger partial charge in [0.1, 0.15) is 5.52 Å². The van der Waals surface area contributed by atoms with E-state index in [1.807, 2.05) is 22.2 Å². The highest BCUT2D eigenvalue weighted by molar-refractivity contribution is 5.79. The second-order valence-electron chi connectivity index (χ2n) is 9.46. The van der Waals surface area contributed by atoms with E-state index in [2.05, 4.69) is 34.3 Å². The van der Waals surface area contributed by atoms with Crippen molar-refractivity contribution in [3.63, 3.8) is 0 Å². The number of rotatable bonds is 3. The third-order valence-electron chi connectivity index (χ3n) is 7.36. The Balaban J connectivity index is 1.37. The molecule has 9 heteroatoms. The molecule has 0 unspecified atom stereocenters. The third-order valence-corrected chi connectivity index (χ3v) is 7.36. The van der Waals surface area contributed by atoms with Gasteiger partial charge in [0.05, 0.1) is 44.4 Å². The third kappa shape index (κ3) is 4.28. The number of aromatic nitrogens is 3. The quantitative estimate of drug-likeness (QED) is 0.604. The molecule has 3 aliphatic heterocycles.